The van der Waals surface area contributed by atoms with Crippen molar-refractivity contribution in [1.29, 1.82) is 0 Å². The number of ether oxygens (including phenoxy) is 1. The van der Waals surface area contributed by atoms with Crippen LogP contribution in [0.4, 0.5) is 4.79 Å². The van der Waals surface area contributed by atoms with E-state index in [2.05, 4.69) is 21.0 Å². The average Bonchev–Trinajstić information content (AvgIpc) is 2.50. The molecular formula is C13H20BrN3O2. The SMILES string of the molecule is CC1Cc2c(Br)nn(C)c2CN1C(=O)OC(C)(C)C. The molecule has 0 bridgehead atoms. The topological polar surface area (TPSA) is 47.4 Å². The van der Waals surface area contributed by atoms with Gasteiger partial charge in [0.25, 0.3) is 0 Å². The maximum Gasteiger partial charge on any atom is 0.410 e. The van der Waals surface area contributed by atoms with Crippen molar-refractivity contribution in [2.75, 3.05) is 0 Å². The first-order chi connectivity index (χ1) is 8.69. The number of nitrogens with zero attached hydrogens (tertiary/aromatic N) is 3. The van der Waals surface area contributed by atoms with Gasteiger partial charge in [-0.3, -0.25) is 9.58 Å². The van der Waals surface area contributed by atoms with Gasteiger partial charge in [-0.1, -0.05) is 0 Å². The Labute approximate surface area is 122 Å². The molecule has 5 nitrogen and oxygen atoms in total. The molecule has 1 aliphatic heterocycles. The Hall–Kier alpha value is -1.04. The summed E-state index contributed by atoms with van der Waals surface area (Å²) in [4.78, 5) is 14.0. The smallest absolute Gasteiger partial charge is 0.410 e. The summed E-state index contributed by atoms with van der Waals surface area (Å²) in [6.07, 6.45) is 0.534. The number of hydrogen-bond acceptors (Lipinski definition) is 3. The Morgan fingerprint density at radius 1 is 1.47 bits per heavy atom. The summed E-state index contributed by atoms with van der Waals surface area (Å²) in [7, 11) is 1.90. The van der Waals surface area contributed by atoms with Crippen LogP contribution in [0.2, 0.25) is 0 Å². The van der Waals surface area contributed by atoms with Crippen molar-refractivity contribution in [3.8, 4) is 0 Å². The molecule has 106 valence electrons. The van der Waals surface area contributed by atoms with Gasteiger partial charge in [0, 0.05) is 18.7 Å². The molecule has 0 fully saturated rings. The van der Waals surface area contributed by atoms with E-state index in [0.29, 0.717) is 6.54 Å². The van der Waals surface area contributed by atoms with Gasteiger partial charge in [-0.2, -0.15) is 5.10 Å². The molecule has 1 amide bonds. The fourth-order valence-electron chi connectivity index (χ4n) is 2.25. The van der Waals surface area contributed by atoms with E-state index < -0.39 is 5.60 Å². The molecule has 6 heteroatoms. The second kappa shape index (κ2) is 4.81. The highest BCUT2D eigenvalue weighted by molar-refractivity contribution is 9.10. The lowest BCUT2D eigenvalue weighted by molar-refractivity contribution is 0.0132. The number of fused-ring (bicyclic) bond motifs is 1. The molecule has 0 radical (unpaired) electrons. The number of halogens is 1. The number of carbonyl (C=O) groups is 1. The van der Waals surface area contributed by atoms with Crippen molar-refractivity contribution in [3.05, 3.63) is 15.9 Å². The van der Waals surface area contributed by atoms with E-state index in [4.69, 9.17) is 4.74 Å². The first-order valence-electron chi connectivity index (χ1n) is 6.39. The molecule has 1 unspecified atom stereocenters. The number of aryl methyl sites for hydroxylation is 1. The molecule has 0 aliphatic carbocycles. The second-order valence-electron chi connectivity index (χ2n) is 6.00. The van der Waals surface area contributed by atoms with Gasteiger partial charge in [-0.05, 0) is 50.0 Å². The van der Waals surface area contributed by atoms with Crippen LogP contribution in [0, 0.1) is 0 Å². The van der Waals surface area contributed by atoms with E-state index in [1.807, 2.05) is 39.4 Å². The van der Waals surface area contributed by atoms with Crippen molar-refractivity contribution in [3.63, 3.8) is 0 Å². The van der Waals surface area contributed by atoms with Crippen LogP contribution in [0.1, 0.15) is 39.0 Å². The van der Waals surface area contributed by atoms with Crippen molar-refractivity contribution in [2.45, 2.75) is 52.3 Å². The van der Waals surface area contributed by atoms with E-state index in [0.717, 1.165) is 16.7 Å². The molecular weight excluding hydrogens is 310 g/mol. The zero-order valence-electron chi connectivity index (χ0n) is 12.0. The average molecular weight is 330 g/mol. The lowest BCUT2D eigenvalue weighted by Crippen LogP contribution is -2.45. The van der Waals surface area contributed by atoms with Gasteiger partial charge in [0.05, 0.1) is 12.2 Å². The van der Waals surface area contributed by atoms with Gasteiger partial charge < -0.3 is 4.74 Å². The van der Waals surface area contributed by atoms with Gasteiger partial charge in [0.1, 0.15) is 10.2 Å². The molecule has 0 saturated carbocycles. The van der Waals surface area contributed by atoms with Crippen LogP contribution in [-0.4, -0.2) is 32.4 Å². The lowest BCUT2D eigenvalue weighted by Gasteiger charge is -2.35. The van der Waals surface area contributed by atoms with Crippen molar-refractivity contribution in [2.24, 2.45) is 7.05 Å². The van der Waals surface area contributed by atoms with Crippen LogP contribution in [0.5, 0.6) is 0 Å². The fraction of sp³-hybridized carbons (Fsp3) is 0.692. The highest BCUT2D eigenvalue weighted by Gasteiger charge is 2.33. The molecule has 0 N–H and O–H groups in total. The molecule has 1 aliphatic rings. The Morgan fingerprint density at radius 3 is 2.68 bits per heavy atom. The van der Waals surface area contributed by atoms with E-state index in [1.54, 1.807) is 4.90 Å². The second-order valence-corrected chi connectivity index (χ2v) is 6.75. The van der Waals surface area contributed by atoms with Crippen LogP contribution in [-0.2, 0) is 24.8 Å². The van der Waals surface area contributed by atoms with Gasteiger partial charge >= 0.3 is 6.09 Å². The summed E-state index contributed by atoms with van der Waals surface area (Å²) < 4.78 is 8.15. The van der Waals surface area contributed by atoms with Crippen molar-refractivity contribution >= 4 is 22.0 Å². The van der Waals surface area contributed by atoms with Gasteiger partial charge in [-0.25, -0.2) is 4.79 Å². The molecule has 1 aromatic heterocycles. The predicted octanol–water partition coefficient (Wildman–Crippen LogP) is 2.86. The van der Waals surface area contributed by atoms with Crippen LogP contribution in [0.15, 0.2) is 4.60 Å². The third kappa shape index (κ3) is 2.94. The maximum atomic E-state index is 12.2. The van der Waals surface area contributed by atoms with Crippen LogP contribution in [0.25, 0.3) is 0 Å². The molecule has 2 rings (SSSR count). The van der Waals surface area contributed by atoms with Gasteiger partial charge in [-0.15, -0.1) is 0 Å². The predicted molar refractivity (Wildman–Crippen MR) is 75.9 cm³/mol. The first-order valence-corrected chi connectivity index (χ1v) is 7.18. The van der Waals surface area contributed by atoms with Crippen LogP contribution >= 0.6 is 15.9 Å². The van der Waals surface area contributed by atoms with E-state index in [-0.39, 0.29) is 12.1 Å². The highest BCUT2D eigenvalue weighted by atomic mass is 79.9. The maximum absolute atomic E-state index is 12.2. The summed E-state index contributed by atoms with van der Waals surface area (Å²) in [6.45, 7) is 8.22. The first kappa shape index (κ1) is 14.4. The largest absolute Gasteiger partial charge is 0.444 e. The zero-order chi connectivity index (χ0) is 14.4. The Morgan fingerprint density at radius 2 is 2.11 bits per heavy atom. The molecule has 1 atom stereocenters. The Balaban J connectivity index is 2.22. The lowest BCUT2D eigenvalue weighted by atomic mass is 10.0. The molecule has 0 aromatic carbocycles. The molecule has 2 heterocycles. The molecule has 0 spiro atoms. The highest BCUT2D eigenvalue weighted by Crippen LogP contribution is 2.29. The Kier molecular flexibility index (Phi) is 3.64. The van der Waals surface area contributed by atoms with Crippen LogP contribution in [0.3, 0.4) is 0 Å². The number of hydrogen-bond donors (Lipinski definition) is 0. The summed E-state index contributed by atoms with van der Waals surface area (Å²) >= 11 is 3.47. The third-order valence-electron chi connectivity index (χ3n) is 3.21. The monoisotopic (exact) mass is 329 g/mol. The fourth-order valence-corrected chi connectivity index (χ4v) is 2.88. The minimum absolute atomic E-state index is 0.114. The summed E-state index contributed by atoms with van der Waals surface area (Å²) in [5.74, 6) is 0. The summed E-state index contributed by atoms with van der Waals surface area (Å²) in [6, 6.07) is 0.114. The number of carbonyl (C=O) groups excluding carboxylic acids is 1. The number of aromatic nitrogens is 2. The van der Waals surface area contributed by atoms with Crippen molar-refractivity contribution < 1.29 is 9.53 Å². The summed E-state index contributed by atoms with van der Waals surface area (Å²) in [5.41, 5.74) is 1.79. The number of amides is 1. The minimum atomic E-state index is -0.468. The molecule has 19 heavy (non-hydrogen) atoms. The Bertz CT molecular complexity index is 505. The van der Waals surface area contributed by atoms with E-state index >= 15 is 0 Å². The minimum Gasteiger partial charge on any atom is -0.444 e. The molecule has 0 saturated heterocycles. The zero-order valence-corrected chi connectivity index (χ0v) is 13.6. The standard InChI is InChI=1S/C13H20BrN3O2/c1-8-6-9-10(16(5)15-11(9)14)7-17(8)12(18)19-13(2,3)4/h8H,6-7H2,1-5H3. The van der Waals surface area contributed by atoms with E-state index in [1.165, 1.54) is 5.56 Å². The quantitative estimate of drug-likeness (QED) is 0.735. The van der Waals surface area contributed by atoms with Crippen molar-refractivity contribution in [1.82, 2.24) is 14.7 Å². The van der Waals surface area contributed by atoms with Gasteiger partial charge in [0.2, 0.25) is 0 Å². The van der Waals surface area contributed by atoms with Crippen LogP contribution < -0.4 is 0 Å². The number of rotatable bonds is 0. The normalized spacial score (nSPS) is 19.3. The van der Waals surface area contributed by atoms with E-state index in [9.17, 15) is 4.79 Å². The summed E-state index contributed by atoms with van der Waals surface area (Å²) in [5, 5.41) is 4.35. The van der Waals surface area contributed by atoms with Gasteiger partial charge in [0.15, 0.2) is 0 Å². The molecule has 1 aromatic rings. The third-order valence-corrected chi connectivity index (χ3v) is 3.84.